The number of hydroxylamine groups is 2. The minimum Gasteiger partial charge on any atom is -0.378 e. The van der Waals surface area contributed by atoms with Gasteiger partial charge in [-0.2, -0.15) is 0 Å². The molecule has 0 radical (unpaired) electrons. The van der Waals surface area contributed by atoms with Crippen LogP contribution in [0.1, 0.15) is 76.8 Å². The van der Waals surface area contributed by atoms with E-state index in [0.717, 1.165) is 84.3 Å². The summed E-state index contributed by atoms with van der Waals surface area (Å²) in [4.78, 5) is 45.5. The highest BCUT2D eigenvalue weighted by atomic mass is 16.5. The molecular formula is C34H53N5O5. The molecule has 2 atom stereocenters. The molecule has 5 rings (SSSR count). The van der Waals surface area contributed by atoms with E-state index in [2.05, 4.69) is 33.3 Å². The normalized spacial score (nSPS) is 21.9. The zero-order valence-electron chi connectivity index (χ0n) is 27.0. The van der Waals surface area contributed by atoms with Gasteiger partial charge < -0.3 is 19.9 Å². The number of rotatable bonds is 10. The van der Waals surface area contributed by atoms with Gasteiger partial charge >= 0.3 is 0 Å². The van der Waals surface area contributed by atoms with E-state index >= 15 is 0 Å². The molecule has 44 heavy (non-hydrogen) atoms. The summed E-state index contributed by atoms with van der Waals surface area (Å²) in [7, 11) is 0. The number of likely N-dealkylation sites (tertiary alicyclic amines) is 1. The molecule has 1 aromatic rings. The lowest BCUT2D eigenvalue weighted by Gasteiger charge is -2.43. The van der Waals surface area contributed by atoms with Crippen LogP contribution in [0.5, 0.6) is 0 Å². The second kappa shape index (κ2) is 14.6. The summed E-state index contributed by atoms with van der Waals surface area (Å²) < 4.78 is 5.52. The van der Waals surface area contributed by atoms with Crippen molar-refractivity contribution < 1.29 is 24.3 Å². The van der Waals surface area contributed by atoms with Crippen LogP contribution in [0.2, 0.25) is 0 Å². The zero-order valence-corrected chi connectivity index (χ0v) is 27.0. The van der Waals surface area contributed by atoms with Crippen LogP contribution in [0, 0.1) is 17.3 Å². The van der Waals surface area contributed by atoms with Gasteiger partial charge in [0.15, 0.2) is 0 Å². The van der Waals surface area contributed by atoms with E-state index in [1.807, 2.05) is 25.7 Å². The number of nitrogens with one attached hydrogen (secondary N) is 1. The number of carbonyl (C=O) groups excluding carboxylic acids is 3. The minimum atomic E-state index is -0.677. The lowest BCUT2D eigenvalue weighted by atomic mass is 9.84. The van der Waals surface area contributed by atoms with E-state index in [4.69, 9.17) is 4.74 Å². The standard InChI is InChI=1S/C34H53N5O5/c1-34(2,3)31(35-32(41)28(23-39(43)24-40)20-25-6-4-5-7-25)33(42)37-14-11-29(12-15-37)38-13-10-26-21-30(9-8-27(26)22-38)36-16-18-44-19-17-36/h8-9,21,24-25,28-29,31,43H,4-7,10-20,22-23H2,1-3H3,(H,35,41)/t28-,31-/m1/s1. The van der Waals surface area contributed by atoms with Crippen LogP contribution in [-0.2, 0) is 32.1 Å². The number of amides is 3. The van der Waals surface area contributed by atoms with Crippen molar-refractivity contribution >= 4 is 23.9 Å². The molecule has 10 nitrogen and oxygen atoms in total. The molecule has 1 aliphatic carbocycles. The van der Waals surface area contributed by atoms with Gasteiger partial charge in [-0.05, 0) is 60.3 Å². The van der Waals surface area contributed by atoms with Crippen molar-refractivity contribution in [3.8, 4) is 0 Å². The van der Waals surface area contributed by atoms with Crippen molar-refractivity contribution in [3.05, 3.63) is 29.3 Å². The lowest BCUT2D eigenvalue weighted by Crippen LogP contribution is -2.58. The van der Waals surface area contributed by atoms with Crippen LogP contribution in [0.15, 0.2) is 18.2 Å². The average molecular weight is 612 g/mol. The first-order valence-corrected chi connectivity index (χ1v) is 16.8. The highest BCUT2D eigenvalue weighted by Crippen LogP contribution is 2.32. The smallest absolute Gasteiger partial charge is 0.245 e. The molecule has 0 spiro atoms. The third kappa shape index (κ3) is 8.12. The summed E-state index contributed by atoms with van der Waals surface area (Å²) in [6.07, 6.45) is 8.25. The second-order valence-corrected chi connectivity index (χ2v) is 14.4. The van der Waals surface area contributed by atoms with E-state index in [-0.39, 0.29) is 18.4 Å². The Morgan fingerprint density at radius 2 is 1.75 bits per heavy atom. The first-order valence-electron chi connectivity index (χ1n) is 16.8. The van der Waals surface area contributed by atoms with Crippen molar-refractivity contribution in [1.82, 2.24) is 20.2 Å². The highest BCUT2D eigenvalue weighted by Gasteiger charge is 2.39. The summed E-state index contributed by atoms with van der Waals surface area (Å²) in [5.74, 6) is -0.449. The maximum atomic E-state index is 13.9. The van der Waals surface area contributed by atoms with Crippen molar-refractivity contribution in [1.29, 1.82) is 0 Å². The van der Waals surface area contributed by atoms with Crippen LogP contribution in [0.25, 0.3) is 0 Å². The number of piperidine rings is 1. The molecule has 3 heterocycles. The summed E-state index contributed by atoms with van der Waals surface area (Å²) in [6, 6.07) is 6.68. The lowest BCUT2D eigenvalue weighted by molar-refractivity contribution is -0.156. The van der Waals surface area contributed by atoms with Gasteiger partial charge in [0.05, 0.1) is 25.7 Å². The van der Waals surface area contributed by atoms with Crippen LogP contribution in [-0.4, -0.2) is 103 Å². The van der Waals surface area contributed by atoms with E-state index < -0.39 is 17.4 Å². The zero-order chi connectivity index (χ0) is 31.3. The third-order valence-corrected chi connectivity index (χ3v) is 10.3. The van der Waals surface area contributed by atoms with Gasteiger partial charge in [0.1, 0.15) is 6.04 Å². The van der Waals surface area contributed by atoms with E-state index in [1.54, 1.807) is 0 Å². The molecule has 3 aliphatic heterocycles. The number of hydrogen-bond donors (Lipinski definition) is 2. The molecule has 10 heteroatoms. The summed E-state index contributed by atoms with van der Waals surface area (Å²) >= 11 is 0. The van der Waals surface area contributed by atoms with Crippen LogP contribution in [0.3, 0.4) is 0 Å². The van der Waals surface area contributed by atoms with Gasteiger partial charge in [0.25, 0.3) is 0 Å². The topological polar surface area (TPSA) is 106 Å². The monoisotopic (exact) mass is 611 g/mol. The molecule has 2 N–H and O–H groups in total. The quantitative estimate of drug-likeness (QED) is 0.237. The number of anilines is 1. The molecule has 3 amide bonds. The molecule has 1 aromatic carbocycles. The van der Waals surface area contributed by atoms with Gasteiger partial charge in [-0.25, -0.2) is 5.06 Å². The molecule has 1 saturated carbocycles. The summed E-state index contributed by atoms with van der Waals surface area (Å²) in [6.45, 7) is 12.7. The van der Waals surface area contributed by atoms with E-state index in [9.17, 15) is 19.6 Å². The first kappa shape index (κ1) is 32.7. The number of carbonyl (C=O) groups is 3. The highest BCUT2D eigenvalue weighted by molar-refractivity contribution is 5.89. The average Bonchev–Trinajstić information content (AvgIpc) is 3.55. The molecule has 244 valence electrons. The molecule has 0 unspecified atom stereocenters. The minimum absolute atomic E-state index is 0.0419. The number of fused-ring (bicyclic) bond motifs is 1. The molecule has 2 saturated heterocycles. The SMILES string of the molecule is CC(C)(C)[C@H](NC(=O)[C@H](CC1CCCC1)CN(O)C=O)C(=O)N1CCC(N2CCc3cc(N4CCOCC4)ccc3C2)CC1. The Bertz CT molecular complexity index is 1140. The van der Waals surface area contributed by atoms with Crippen LogP contribution >= 0.6 is 0 Å². The number of hydrogen-bond acceptors (Lipinski definition) is 7. The largest absolute Gasteiger partial charge is 0.378 e. The maximum absolute atomic E-state index is 13.9. The molecule has 3 fully saturated rings. The van der Waals surface area contributed by atoms with Crippen molar-refractivity contribution in [2.75, 3.05) is 57.4 Å². The third-order valence-electron chi connectivity index (χ3n) is 10.3. The fraction of sp³-hybridized carbons (Fsp3) is 0.735. The van der Waals surface area contributed by atoms with Crippen LogP contribution in [0.4, 0.5) is 5.69 Å². The number of morpholine rings is 1. The Kier molecular flexibility index (Phi) is 10.9. The number of benzene rings is 1. The second-order valence-electron chi connectivity index (χ2n) is 14.4. The van der Waals surface area contributed by atoms with Crippen molar-refractivity contribution in [2.24, 2.45) is 17.3 Å². The van der Waals surface area contributed by atoms with E-state index in [0.29, 0.717) is 42.9 Å². The number of ether oxygens (including phenoxy) is 1. The summed E-state index contributed by atoms with van der Waals surface area (Å²) in [5, 5.41) is 13.5. The predicted octanol–water partition coefficient (Wildman–Crippen LogP) is 3.45. The van der Waals surface area contributed by atoms with E-state index in [1.165, 1.54) is 16.8 Å². The van der Waals surface area contributed by atoms with Crippen LogP contribution < -0.4 is 10.2 Å². The summed E-state index contributed by atoms with van der Waals surface area (Å²) in [5.41, 5.74) is 3.67. The Morgan fingerprint density at radius 3 is 2.41 bits per heavy atom. The molecule has 0 aromatic heterocycles. The fourth-order valence-corrected chi connectivity index (χ4v) is 7.62. The van der Waals surface area contributed by atoms with Gasteiger partial charge in [-0.1, -0.05) is 52.5 Å². The Labute approximate surface area is 263 Å². The van der Waals surface area contributed by atoms with Crippen molar-refractivity contribution in [3.63, 3.8) is 0 Å². The molecule has 0 bridgehead atoms. The maximum Gasteiger partial charge on any atom is 0.245 e. The van der Waals surface area contributed by atoms with Gasteiger partial charge in [-0.15, -0.1) is 0 Å². The van der Waals surface area contributed by atoms with Gasteiger partial charge in [0, 0.05) is 51.0 Å². The Hall–Kier alpha value is -2.69. The predicted molar refractivity (Wildman–Crippen MR) is 169 cm³/mol. The Morgan fingerprint density at radius 1 is 1.05 bits per heavy atom. The Balaban J connectivity index is 1.16. The van der Waals surface area contributed by atoms with Crippen molar-refractivity contribution in [2.45, 2.75) is 90.8 Å². The number of nitrogens with zero attached hydrogens (tertiary/aromatic N) is 4. The van der Waals surface area contributed by atoms with Gasteiger partial charge in [0.2, 0.25) is 18.2 Å². The first-order chi connectivity index (χ1) is 21.1. The fourth-order valence-electron chi connectivity index (χ4n) is 7.62. The molecule has 4 aliphatic rings. The van der Waals surface area contributed by atoms with Gasteiger partial charge in [-0.3, -0.25) is 24.5 Å². The molecular weight excluding hydrogens is 558 g/mol.